The summed E-state index contributed by atoms with van der Waals surface area (Å²) in [5.74, 6) is 0.721. The highest BCUT2D eigenvalue weighted by atomic mass is 32.1. The molecule has 0 unspecified atom stereocenters. The fraction of sp³-hybridized carbons (Fsp3) is 0. The highest BCUT2D eigenvalue weighted by Gasteiger charge is 2.18. The summed E-state index contributed by atoms with van der Waals surface area (Å²) in [4.78, 5) is 5.64. The first-order valence-corrected chi connectivity index (χ1v) is 10.4. The number of pyridine rings is 1. The molecule has 3 aromatic heterocycles. The Labute approximate surface area is 176 Å². The molecule has 142 valence electrons. The molecule has 0 N–H and O–H groups in total. The summed E-state index contributed by atoms with van der Waals surface area (Å²) >= 11 is 1.53. The highest BCUT2D eigenvalue weighted by molar-refractivity contribution is 7.19. The molecule has 0 atom stereocenters. The van der Waals surface area contributed by atoms with Crippen LogP contribution in [0.1, 0.15) is 0 Å². The van der Waals surface area contributed by atoms with Gasteiger partial charge in [-0.25, -0.2) is 4.98 Å². The molecule has 3 heterocycles. The van der Waals surface area contributed by atoms with Crippen LogP contribution in [0.25, 0.3) is 49.1 Å². The summed E-state index contributed by atoms with van der Waals surface area (Å²) in [7, 11) is 0. The van der Waals surface area contributed by atoms with Gasteiger partial charge >= 0.3 is 0 Å². The van der Waals surface area contributed by atoms with Gasteiger partial charge < -0.3 is 0 Å². The summed E-state index contributed by atoms with van der Waals surface area (Å²) in [6.07, 6.45) is 0. The van der Waals surface area contributed by atoms with Gasteiger partial charge in [0.1, 0.15) is 5.01 Å². The van der Waals surface area contributed by atoms with Gasteiger partial charge in [-0.3, -0.25) is 0 Å². The van der Waals surface area contributed by atoms with E-state index in [2.05, 4.69) is 46.6 Å². The second kappa shape index (κ2) is 6.86. The molecule has 6 heteroatoms. The van der Waals surface area contributed by atoms with E-state index in [1.165, 1.54) is 11.3 Å². The lowest BCUT2D eigenvalue weighted by molar-refractivity contribution is 0.972. The minimum Gasteiger partial charge on any atom is -0.248 e. The predicted octanol–water partition coefficient (Wildman–Crippen LogP) is 5.74. The molecule has 30 heavy (non-hydrogen) atoms. The largest absolute Gasteiger partial charge is 0.248 e. The van der Waals surface area contributed by atoms with Gasteiger partial charge in [-0.15, -0.1) is 10.2 Å². The summed E-state index contributed by atoms with van der Waals surface area (Å²) < 4.78 is 1.84. The van der Waals surface area contributed by atoms with E-state index >= 15 is 0 Å². The molecule has 0 amide bonds. The Kier molecular flexibility index (Phi) is 3.89. The Bertz CT molecular complexity index is 1490. The third-order valence-corrected chi connectivity index (χ3v) is 5.99. The van der Waals surface area contributed by atoms with Crippen molar-refractivity contribution in [1.29, 1.82) is 0 Å². The van der Waals surface area contributed by atoms with Crippen LogP contribution in [0.4, 0.5) is 0 Å². The lowest BCUT2D eigenvalue weighted by Crippen LogP contribution is -1.95. The minimum atomic E-state index is 0.721. The van der Waals surface area contributed by atoms with Crippen LogP contribution in [0.5, 0.6) is 0 Å². The van der Waals surface area contributed by atoms with Crippen molar-refractivity contribution >= 4 is 27.2 Å². The van der Waals surface area contributed by atoms with Gasteiger partial charge in [0.05, 0.1) is 11.2 Å². The molecule has 6 rings (SSSR count). The van der Waals surface area contributed by atoms with Crippen LogP contribution in [0, 0.1) is 0 Å². The molecule has 5 nitrogen and oxygen atoms in total. The van der Waals surface area contributed by atoms with Crippen LogP contribution in [0.15, 0.2) is 91.0 Å². The maximum Gasteiger partial charge on any atom is 0.235 e. The average Bonchev–Trinajstić information content (AvgIpc) is 3.41. The Morgan fingerprint density at radius 3 is 2.20 bits per heavy atom. The first-order valence-electron chi connectivity index (χ1n) is 9.60. The molecular formula is C24H15N5S. The average molecular weight is 405 g/mol. The number of aromatic nitrogens is 5. The van der Waals surface area contributed by atoms with Crippen molar-refractivity contribution in [3.05, 3.63) is 91.0 Å². The van der Waals surface area contributed by atoms with Gasteiger partial charge in [0.25, 0.3) is 0 Å². The monoisotopic (exact) mass is 405 g/mol. The smallest absolute Gasteiger partial charge is 0.235 e. The lowest BCUT2D eigenvalue weighted by Gasteiger charge is -2.08. The van der Waals surface area contributed by atoms with E-state index in [-0.39, 0.29) is 0 Å². The summed E-state index contributed by atoms with van der Waals surface area (Å²) in [5, 5.41) is 15.6. The topological polar surface area (TPSA) is 56.0 Å². The van der Waals surface area contributed by atoms with Gasteiger partial charge in [0, 0.05) is 22.1 Å². The van der Waals surface area contributed by atoms with Crippen LogP contribution in [0.2, 0.25) is 0 Å². The number of rotatable bonds is 3. The van der Waals surface area contributed by atoms with Crippen molar-refractivity contribution in [2.24, 2.45) is 0 Å². The molecule has 0 saturated heterocycles. The molecule has 0 radical (unpaired) electrons. The molecule has 0 spiro atoms. The van der Waals surface area contributed by atoms with Gasteiger partial charge in [-0.2, -0.15) is 9.61 Å². The zero-order valence-corrected chi connectivity index (χ0v) is 16.6. The van der Waals surface area contributed by atoms with E-state index in [0.717, 1.165) is 49.1 Å². The van der Waals surface area contributed by atoms with E-state index in [1.54, 1.807) is 0 Å². The fourth-order valence-corrected chi connectivity index (χ4v) is 4.44. The van der Waals surface area contributed by atoms with E-state index in [4.69, 9.17) is 10.1 Å². The summed E-state index contributed by atoms with van der Waals surface area (Å²) in [5.41, 5.74) is 4.93. The van der Waals surface area contributed by atoms with Crippen LogP contribution >= 0.6 is 11.3 Å². The Hall–Kier alpha value is -3.90. The third kappa shape index (κ3) is 2.77. The molecule has 0 aliphatic carbocycles. The van der Waals surface area contributed by atoms with Crippen LogP contribution in [-0.4, -0.2) is 24.8 Å². The zero-order valence-electron chi connectivity index (χ0n) is 15.8. The SMILES string of the molecule is c1ccc(-c2cc(-c3nnc4sc(-c5ccccc5)nn34)c3ccccc3n2)cc1. The number of benzene rings is 3. The quantitative estimate of drug-likeness (QED) is 0.377. The molecule has 3 aromatic carbocycles. The van der Waals surface area contributed by atoms with Crippen molar-refractivity contribution < 1.29 is 0 Å². The Morgan fingerprint density at radius 1 is 0.700 bits per heavy atom. The fourth-order valence-electron chi connectivity index (χ4n) is 3.60. The third-order valence-electron chi connectivity index (χ3n) is 5.04. The summed E-state index contributed by atoms with van der Waals surface area (Å²) in [6, 6.07) is 30.5. The molecule has 0 saturated carbocycles. The Morgan fingerprint density at radius 2 is 1.40 bits per heavy atom. The predicted molar refractivity (Wildman–Crippen MR) is 120 cm³/mol. The number of fused-ring (bicyclic) bond motifs is 2. The number of hydrogen-bond acceptors (Lipinski definition) is 5. The molecule has 6 aromatic rings. The molecule has 0 bridgehead atoms. The van der Waals surface area contributed by atoms with E-state index in [0.29, 0.717) is 0 Å². The maximum atomic E-state index is 4.87. The minimum absolute atomic E-state index is 0.721. The number of hydrogen-bond donors (Lipinski definition) is 0. The van der Waals surface area contributed by atoms with Crippen molar-refractivity contribution in [2.75, 3.05) is 0 Å². The van der Waals surface area contributed by atoms with Gasteiger partial charge in [0.15, 0.2) is 5.82 Å². The van der Waals surface area contributed by atoms with Crippen molar-refractivity contribution in [3.8, 4) is 33.2 Å². The second-order valence-electron chi connectivity index (χ2n) is 6.93. The van der Waals surface area contributed by atoms with Gasteiger partial charge in [0.2, 0.25) is 4.96 Å². The van der Waals surface area contributed by atoms with Gasteiger partial charge in [-0.05, 0) is 12.1 Å². The Balaban J connectivity index is 1.59. The van der Waals surface area contributed by atoms with Gasteiger partial charge in [-0.1, -0.05) is 90.2 Å². The lowest BCUT2D eigenvalue weighted by atomic mass is 10.0. The zero-order chi connectivity index (χ0) is 19.9. The van der Waals surface area contributed by atoms with Crippen LogP contribution in [-0.2, 0) is 0 Å². The first kappa shape index (κ1) is 17.0. The summed E-state index contributed by atoms with van der Waals surface area (Å²) in [6.45, 7) is 0. The van der Waals surface area contributed by atoms with Crippen molar-refractivity contribution in [2.45, 2.75) is 0 Å². The first-order chi connectivity index (χ1) is 14.9. The molecule has 0 aliphatic heterocycles. The van der Waals surface area contributed by atoms with Crippen LogP contribution < -0.4 is 0 Å². The molecule has 0 fully saturated rings. The van der Waals surface area contributed by atoms with E-state index < -0.39 is 0 Å². The van der Waals surface area contributed by atoms with E-state index in [1.807, 2.05) is 59.1 Å². The maximum absolute atomic E-state index is 4.87. The number of nitrogens with zero attached hydrogens (tertiary/aromatic N) is 5. The number of para-hydroxylation sites is 1. The second-order valence-corrected chi connectivity index (χ2v) is 7.89. The normalized spacial score (nSPS) is 11.3. The van der Waals surface area contributed by atoms with Crippen LogP contribution in [0.3, 0.4) is 0 Å². The van der Waals surface area contributed by atoms with Crippen molar-refractivity contribution in [3.63, 3.8) is 0 Å². The highest BCUT2D eigenvalue weighted by Crippen LogP contribution is 2.33. The molecular weight excluding hydrogens is 390 g/mol. The van der Waals surface area contributed by atoms with Crippen molar-refractivity contribution in [1.82, 2.24) is 24.8 Å². The molecule has 0 aliphatic rings. The standard InChI is InChI=1S/C24H15N5S/c1-3-9-16(10-4-1)21-15-19(18-13-7-8-14-20(18)25-21)22-26-27-24-29(22)28-23(30-24)17-11-5-2-6-12-17/h1-15H. The van der Waals surface area contributed by atoms with E-state index in [9.17, 15) is 0 Å².